The van der Waals surface area contributed by atoms with Gasteiger partial charge in [0.05, 0.1) is 17.3 Å². The van der Waals surface area contributed by atoms with Crippen molar-refractivity contribution in [3.63, 3.8) is 0 Å². The van der Waals surface area contributed by atoms with Gasteiger partial charge in [0, 0.05) is 32.2 Å². The van der Waals surface area contributed by atoms with Gasteiger partial charge in [0.25, 0.3) is 5.56 Å². The van der Waals surface area contributed by atoms with Gasteiger partial charge in [0.1, 0.15) is 5.82 Å². The largest absolute Gasteiger partial charge is 0.382 e. The minimum Gasteiger partial charge on any atom is -0.382 e. The number of piperazine rings is 1. The highest BCUT2D eigenvalue weighted by atomic mass is 16.1. The topological polar surface area (TPSA) is 143 Å². The van der Waals surface area contributed by atoms with E-state index in [0.29, 0.717) is 23.4 Å². The van der Waals surface area contributed by atoms with Gasteiger partial charge in [-0.15, -0.1) is 13.2 Å². The number of nitrogens with one attached hydrogen (secondary N) is 2. The van der Waals surface area contributed by atoms with Gasteiger partial charge in [-0.3, -0.25) is 14.6 Å². The van der Waals surface area contributed by atoms with Crippen LogP contribution < -0.4 is 27.2 Å². The van der Waals surface area contributed by atoms with Crippen LogP contribution in [0.4, 0.5) is 11.6 Å². The predicted octanol–water partition coefficient (Wildman–Crippen LogP) is 3.82. The van der Waals surface area contributed by atoms with E-state index in [1.165, 1.54) is 77.0 Å². The number of nitrogens with two attached hydrogens (primary N) is 2. The van der Waals surface area contributed by atoms with Crippen LogP contribution in [0.5, 0.6) is 0 Å². The van der Waals surface area contributed by atoms with Gasteiger partial charge in [-0.1, -0.05) is 32.1 Å². The molecular weight excluding hydrogens is 538 g/mol. The molecular formula is C33H55N9O. The summed E-state index contributed by atoms with van der Waals surface area (Å²) in [4.78, 5) is 25.8. The van der Waals surface area contributed by atoms with E-state index in [0.717, 1.165) is 38.2 Å². The maximum Gasteiger partial charge on any atom is 0.291 e. The van der Waals surface area contributed by atoms with Gasteiger partial charge < -0.3 is 26.7 Å². The highest BCUT2D eigenvalue weighted by molar-refractivity contribution is 5.58. The van der Waals surface area contributed by atoms with Crippen molar-refractivity contribution < 1.29 is 0 Å². The van der Waals surface area contributed by atoms with E-state index in [4.69, 9.17) is 11.0 Å². The monoisotopic (exact) mass is 593 g/mol. The minimum atomic E-state index is -0.205. The molecule has 238 valence electrons. The number of aromatic amines is 1. The number of hydrogen-bond donors (Lipinski definition) is 4. The van der Waals surface area contributed by atoms with Gasteiger partial charge in [-0.2, -0.15) is 5.26 Å². The van der Waals surface area contributed by atoms with E-state index in [9.17, 15) is 4.79 Å². The summed E-state index contributed by atoms with van der Waals surface area (Å²) in [6.45, 7) is 20.2. The van der Waals surface area contributed by atoms with Crippen LogP contribution in [0.25, 0.3) is 6.08 Å². The molecule has 1 aromatic carbocycles. The van der Waals surface area contributed by atoms with Crippen molar-refractivity contribution >= 4 is 17.7 Å². The van der Waals surface area contributed by atoms with Gasteiger partial charge in [0.2, 0.25) is 0 Å². The summed E-state index contributed by atoms with van der Waals surface area (Å²) >= 11 is 0. The molecule has 0 amide bonds. The lowest BCUT2D eigenvalue weighted by Gasteiger charge is -2.39. The lowest BCUT2D eigenvalue weighted by molar-refractivity contribution is 0.212. The van der Waals surface area contributed by atoms with Crippen molar-refractivity contribution in [2.24, 2.45) is 5.73 Å². The second kappa shape index (κ2) is 22.1. The molecule has 1 aromatic heterocycles. The molecule has 1 atom stereocenters. The van der Waals surface area contributed by atoms with E-state index < -0.39 is 0 Å². The predicted molar refractivity (Wildman–Crippen MR) is 182 cm³/mol. The first-order valence-corrected chi connectivity index (χ1v) is 15.4. The molecule has 43 heavy (non-hydrogen) atoms. The Morgan fingerprint density at radius 2 is 1.67 bits per heavy atom. The molecule has 6 N–H and O–H groups in total. The lowest BCUT2D eigenvalue weighted by atomic mass is 10.1. The van der Waals surface area contributed by atoms with Crippen molar-refractivity contribution in [1.29, 1.82) is 5.26 Å². The quantitative estimate of drug-likeness (QED) is 0.381. The number of nitrogens with zero attached hydrogens (tertiary/aromatic N) is 5. The Morgan fingerprint density at radius 1 is 1.05 bits per heavy atom. The third-order valence-electron chi connectivity index (χ3n) is 7.60. The Balaban J connectivity index is 0.000000341. The van der Waals surface area contributed by atoms with E-state index in [2.05, 4.69) is 82.7 Å². The van der Waals surface area contributed by atoms with Crippen molar-refractivity contribution in [1.82, 2.24) is 25.1 Å². The number of rotatable bonds is 5. The first kappa shape index (κ1) is 37.5. The Hall–Kier alpha value is -3.49. The molecule has 0 bridgehead atoms. The molecule has 1 unspecified atom stereocenters. The average molecular weight is 594 g/mol. The number of hydrogen-bond acceptors (Lipinski definition) is 9. The summed E-state index contributed by atoms with van der Waals surface area (Å²) in [6, 6.07) is 10.5. The Kier molecular flexibility index (Phi) is 19.3. The zero-order valence-electron chi connectivity index (χ0n) is 26.8. The molecule has 0 spiro atoms. The fourth-order valence-corrected chi connectivity index (χ4v) is 5.10. The summed E-state index contributed by atoms with van der Waals surface area (Å²) in [7, 11) is 3.61. The van der Waals surface area contributed by atoms with Crippen molar-refractivity contribution in [2.75, 3.05) is 70.5 Å². The van der Waals surface area contributed by atoms with Crippen molar-refractivity contribution in [3.8, 4) is 6.07 Å². The van der Waals surface area contributed by atoms with Gasteiger partial charge in [0.15, 0.2) is 5.82 Å². The fraction of sp³-hybridized carbons (Fsp3) is 0.545. The molecule has 10 heteroatoms. The minimum absolute atomic E-state index is 0.205. The maximum absolute atomic E-state index is 12.1. The molecule has 3 aliphatic rings. The number of piperidine rings is 1. The van der Waals surface area contributed by atoms with Crippen molar-refractivity contribution in [2.45, 2.75) is 58.0 Å². The van der Waals surface area contributed by atoms with Crippen LogP contribution >= 0.6 is 0 Å². The highest BCUT2D eigenvalue weighted by Gasteiger charge is 2.25. The standard InChI is InChI=1S/C13H21N5O.C13H16N2.C4H9N.C2H4.CH5N/c1-4-9-8-18(7-6-17(9)3)12-13(19)15-10(5-2)11(14)16-12;14-10-12-4-6-13(7-5-12)11-15-8-2-1-3-9-15;1-2-4-5-3-1;2*1-2/h5,9H,2,4,6-8H2,1,3H3,(H2,14,16)(H,15,19);4-7H,1-3,8-9,11H2;5H,1-4H2;1-2H2;2H2,1H3. The molecule has 5 rings (SSSR count). The Bertz CT molecular complexity index is 1120. The first-order valence-electron chi connectivity index (χ1n) is 15.4. The summed E-state index contributed by atoms with van der Waals surface area (Å²) in [5.41, 5.74) is 12.7. The summed E-state index contributed by atoms with van der Waals surface area (Å²) < 4.78 is 0. The molecule has 3 saturated heterocycles. The van der Waals surface area contributed by atoms with E-state index in [1.54, 1.807) is 0 Å². The van der Waals surface area contributed by atoms with E-state index >= 15 is 0 Å². The number of nitriles is 1. The average Bonchev–Trinajstić information content (AvgIpc) is 3.66. The third-order valence-corrected chi connectivity index (χ3v) is 7.60. The number of H-pyrrole nitrogens is 1. The van der Waals surface area contributed by atoms with Crippen LogP contribution in [-0.4, -0.2) is 85.7 Å². The smallest absolute Gasteiger partial charge is 0.291 e. The molecule has 10 nitrogen and oxygen atoms in total. The molecule has 0 aliphatic carbocycles. The van der Waals surface area contributed by atoms with Gasteiger partial charge in [-0.05, 0) is 96.2 Å². The maximum atomic E-state index is 12.1. The van der Waals surface area contributed by atoms with Gasteiger partial charge in [-0.25, -0.2) is 4.98 Å². The van der Waals surface area contributed by atoms with E-state index in [-0.39, 0.29) is 5.56 Å². The molecule has 4 heterocycles. The number of aromatic nitrogens is 2. The second-order valence-corrected chi connectivity index (χ2v) is 10.5. The zero-order valence-corrected chi connectivity index (χ0v) is 26.8. The van der Waals surface area contributed by atoms with Crippen LogP contribution in [0.15, 0.2) is 48.8 Å². The Morgan fingerprint density at radius 3 is 2.19 bits per heavy atom. The fourth-order valence-electron chi connectivity index (χ4n) is 5.10. The molecule has 0 radical (unpaired) electrons. The number of benzene rings is 1. The zero-order chi connectivity index (χ0) is 32.0. The first-order chi connectivity index (χ1) is 20.9. The van der Waals surface area contributed by atoms with Crippen LogP contribution in [0.3, 0.4) is 0 Å². The molecule has 0 saturated carbocycles. The van der Waals surface area contributed by atoms with Crippen molar-refractivity contribution in [3.05, 3.63) is 71.2 Å². The SMILES string of the molecule is C1CCNC1.C=C.C=Cc1[nH]c(=O)c(N2CCN(C)C(CC)C2)nc1N.CN.N#Cc1ccc(CN2CCCCC2)cc1. The van der Waals surface area contributed by atoms with Crippen LogP contribution in [-0.2, 0) is 6.54 Å². The Labute approximate surface area is 259 Å². The third kappa shape index (κ3) is 13.1. The van der Waals surface area contributed by atoms with E-state index in [1.807, 2.05) is 17.0 Å². The summed E-state index contributed by atoms with van der Waals surface area (Å²) in [5, 5.41) is 11.9. The number of anilines is 2. The highest BCUT2D eigenvalue weighted by Crippen LogP contribution is 2.17. The van der Waals surface area contributed by atoms with Crippen LogP contribution in [0.1, 0.15) is 62.3 Å². The number of nitrogen functional groups attached to an aromatic ring is 1. The molecule has 2 aromatic rings. The second-order valence-electron chi connectivity index (χ2n) is 10.5. The normalized spacial score (nSPS) is 18.1. The lowest BCUT2D eigenvalue weighted by Crippen LogP contribution is -2.52. The van der Waals surface area contributed by atoms with Crippen LogP contribution in [0.2, 0.25) is 0 Å². The van der Waals surface area contributed by atoms with Crippen LogP contribution in [0, 0.1) is 11.3 Å². The van der Waals surface area contributed by atoms with Gasteiger partial charge >= 0.3 is 0 Å². The number of likely N-dealkylation sites (N-methyl/N-ethyl adjacent to an activating group) is 1. The molecule has 3 fully saturated rings. The summed E-state index contributed by atoms with van der Waals surface area (Å²) in [6.07, 6.45) is 9.37. The summed E-state index contributed by atoms with van der Waals surface area (Å²) in [5.74, 6) is 0.728. The molecule has 3 aliphatic heterocycles. The number of likely N-dealkylation sites (tertiary alicyclic amines) is 1.